The first-order valence-corrected chi connectivity index (χ1v) is 9.30. The lowest BCUT2D eigenvalue weighted by Gasteiger charge is -2.35. The van der Waals surface area contributed by atoms with Gasteiger partial charge in [0, 0.05) is 5.56 Å². The van der Waals surface area contributed by atoms with E-state index < -0.39 is 29.8 Å². The van der Waals surface area contributed by atoms with Gasteiger partial charge in [0.2, 0.25) is 0 Å². The monoisotopic (exact) mass is 403 g/mol. The molecule has 156 valence electrons. The number of alkyl halides is 3. The molecule has 9 heteroatoms. The summed E-state index contributed by atoms with van der Waals surface area (Å²) in [6.45, 7) is 1.19. The lowest BCUT2D eigenvalue weighted by molar-refractivity contribution is -0.772. The number of carbonyl (C=O) groups excluding carboxylic acids is 2. The summed E-state index contributed by atoms with van der Waals surface area (Å²) < 4.78 is 52.1. The highest BCUT2D eigenvalue weighted by Crippen LogP contribution is 2.28. The van der Waals surface area contributed by atoms with Crippen LogP contribution >= 0.6 is 0 Å². The van der Waals surface area contributed by atoms with Crippen LogP contribution in [0.1, 0.15) is 49.4 Å². The van der Waals surface area contributed by atoms with Crippen LogP contribution in [0, 0.1) is 0 Å². The van der Waals surface area contributed by atoms with Crippen LogP contribution in [0.15, 0.2) is 24.3 Å². The van der Waals surface area contributed by atoms with Crippen molar-refractivity contribution in [3.63, 3.8) is 0 Å². The van der Waals surface area contributed by atoms with Crippen molar-refractivity contribution in [2.24, 2.45) is 0 Å². The number of hydrogen-bond donors (Lipinski definition) is 2. The van der Waals surface area contributed by atoms with Crippen molar-refractivity contribution in [3.05, 3.63) is 29.8 Å². The molecular weight excluding hydrogens is 377 g/mol. The number of ether oxygens (including phenoxy) is 2. The molecule has 1 atom stereocenters. The first kappa shape index (κ1) is 22.0. The van der Waals surface area contributed by atoms with Crippen LogP contribution in [0.5, 0.6) is 5.75 Å². The summed E-state index contributed by atoms with van der Waals surface area (Å²) in [5, 5.41) is 2.84. The Kier molecular flexibility index (Phi) is 7.29. The number of esters is 1. The van der Waals surface area contributed by atoms with Crippen molar-refractivity contribution in [2.75, 3.05) is 13.7 Å². The van der Waals surface area contributed by atoms with E-state index in [9.17, 15) is 22.8 Å². The quantitative estimate of drug-likeness (QED) is 0.540. The number of benzene rings is 1. The largest absolute Gasteiger partial charge is 0.497 e. The van der Waals surface area contributed by atoms with E-state index in [1.807, 2.05) is 5.32 Å². The molecule has 0 bridgehead atoms. The van der Waals surface area contributed by atoms with Gasteiger partial charge < -0.3 is 14.8 Å². The molecule has 0 aromatic heterocycles. The third-order valence-corrected chi connectivity index (χ3v) is 4.84. The second kappa shape index (κ2) is 9.27. The molecule has 1 fully saturated rings. The second-order valence-corrected chi connectivity index (χ2v) is 6.77. The summed E-state index contributed by atoms with van der Waals surface area (Å²) in [5.74, 6) is -2.08. The van der Waals surface area contributed by atoms with E-state index >= 15 is 0 Å². The van der Waals surface area contributed by atoms with E-state index in [4.69, 9.17) is 9.47 Å². The third-order valence-electron chi connectivity index (χ3n) is 4.84. The van der Waals surface area contributed by atoms with Gasteiger partial charge in [-0.15, -0.1) is 0 Å². The second-order valence-electron chi connectivity index (χ2n) is 6.77. The van der Waals surface area contributed by atoms with Crippen molar-refractivity contribution in [2.45, 2.75) is 56.9 Å². The average Bonchev–Trinajstić information content (AvgIpc) is 2.67. The minimum atomic E-state index is -5.04. The molecule has 2 rings (SSSR count). The Labute approximate surface area is 161 Å². The van der Waals surface area contributed by atoms with Crippen LogP contribution in [0.3, 0.4) is 0 Å². The maximum atomic E-state index is 14.1. The Morgan fingerprint density at radius 3 is 2.25 bits per heavy atom. The van der Waals surface area contributed by atoms with Gasteiger partial charge in [-0.1, -0.05) is 6.42 Å². The van der Waals surface area contributed by atoms with E-state index in [1.165, 1.54) is 38.3 Å². The van der Waals surface area contributed by atoms with E-state index in [1.54, 1.807) is 0 Å². The molecule has 6 nitrogen and oxygen atoms in total. The fourth-order valence-electron chi connectivity index (χ4n) is 3.33. The molecule has 28 heavy (non-hydrogen) atoms. The maximum Gasteiger partial charge on any atom is 0.478 e. The van der Waals surface area contributed by atoms with Gasteiger partial charge in [0.25, 0.3) is 5.91 Å². The zero-order valence-corrected chi connectivity index (χ0v) is 16.0. The van der Waals surface area contributed by atoms with Crippen LogP contribution in [-0.4, -0.2) is 43.5 Å². The Morgan fingerprint density at radius 2 is 1.75 bits per heavy atom. The highest BCUT2D eigenvalue weighted by Gasteiger charge is 2.68. The van der Waals surface area contributed by atoms with E-state index in [0.29, 0.717) is 18.6 Å². The Morgan fingerprint density at radius 1 is 1.14 bits per heavy atom. The molecule has 1 aromatic carbocycles. The molecule has 0 unspecified atom stereocenters. The van der Waals surface area contributed by atoms with Crippen LogP contribution in [0.2, 0.25) is 0 Å². The smallest absolute Gasteiger partial charge is 0.478 e. The molecule has 0 spiro atoms. The summed E-state index contributed by atoms with van der Waals surface area (Å²) >= 11 is 0. The predicted octanol–water partition coefficient (Wildman–Crippen LogP) is 2.14. The Bertz CT molecular complexity index is 673. The Balaban J connectivity index is 2.35. The summed E-state index contributed by atoms with van der Waals surface area (Å²) in [6, 6.07) is 5.15. The molecule has 0 heterocycles. The summed E-state index contributed by atoms with van der Waals surface area (Å²) in [5.41, 5.74) is -3.21. The summed E-state index contributed by atoms with van der Waals surface area (Å²) in [7, 11) is 1.43. The number of rotatable bonds is 7. The summed E-state index contributed by atoms with van der Waals surface area (Å²) in [6.07, 6.45) is -1.46. The molecule has 1 aliphatic rings. The molecule has 0 aliphatic heterocycles. The molecule has 0 saturated heterocycles. The van der Waals surface area contributed by atoms with Gasteiger partial charge in [0.1, 0.15) is 5.75 Å². The fraction of sp³-hybridized carbons (Fsp3) is 0.579. The SMILES string of the molecule is CCOC(=O)[C@](NC(=O)c1ccc(OC)cc1)([NH2+]C1CCCCC1)C(F)(F)F. The third kappa shape index (κ3) is 4.95. The molecule has 1 aromatic rings. The van der Waals surface area contributed by atoms with Crippen molar-refractivity contribution in [3.8, 4) is 5.75 Å². The van der Waals surface area contributed by atoms with Crippen molar-refractivity contribution in [1.82, 2.24) is 5.32 Å². The molecular formula is C19H26F3N2O4+. The lowest BCUT2D eigenvalue weighted by Crippen LogP contribution is -3.10. The number of halogens is 3. The topological polar surface area (TPSA) is 81.2 Å². The van der Waals surface area contributed by atoms with Gasteiger partial charge in [-0.05, 0) is 56.9 Å². The van der Waals surface area contributed by atoms with Crippen LogP contribution < -0.4 is 15.4 Å². The summed E-state index contributed by atoms with van der Waals surface area (Å²) in [4.78, 5) is 25.0. The van der Waals surface area contributed by atoms with Crippen molar-refractivity contribution < 1.29 is 37.6 Å². The van der Waals surface area contributed by atoms with Crippen LogP contribution in [0.25, 0.3) is 0 Å². The minimum Gasteiger partial charge on any atom is -0.497 e. The van der Waals surface area contributed by atoms with Crippen molar-refractivity contribution >= 4 is 11.9 Å². The number of methoxy groups -OCH3 is 1. The maximum absolute atomic E-state index is 14.1. The molecule has 1 aliphatic carbocycles. The zero-order valence-electron chi connectivity index (χ0n) is 16.0. The molecule has 0 radical (unpaired) electrons. The number of amides is 1. The molecule has 1 saturated carbocycles. The number of hydrogen-bond acceptors (Lipinski definition) is 4. The van der Waals surface area contributed by atoms with Gasteiger partial charge >= 0.3 is 17.8 Å². The van der Waals surface area contributed by atoms with E-state index in [0.717, 1.165) is 24.6 Å². The predicted molar refractivity (Wildman–Crippen MR) is 94.7 cm³/mol. The van der Waals surface area contributed by atoms with Gasteiger partial charge in [0.15, 0.2) is 0 Å². The number of quaternary nitrogens is 1. The standard InChI is InChI=1S/C19H25F3N2O4/c1-3-28-17(26)18(19(20,21)22,23-14-7-5-4-6-8-14)24-16(25)13-9-11-15(27-2)12-10-13/h9-12,14,23H,3-8H2,1-2H3,(H,24,25)/p+1/t18-/m1/s1. The van der Waals surface area contributed by atoms with Gasteiger partial charge in [-0.2, -0.15) is 13.2 Å². The average molecular weight is 403 g/mol. The van der Waals surface area contributed by atoms with Crippen LogP contribution in [0.4, 0.5) is 13.2 Å². The van der Waals surface area contributed by atoms with Gasteiger partial charge in [-0.25, -0.2) is 4.79 Å². The van der Waals surface area contributed by atoms with Gasteiger partial charge in [-0.3, -0.25) is 10.1 Å². The fourth-order valence-corrected chi connectivity index (χ4v) is 3.33. The highest BCUT2D eigenvalue weighted by molar-refractivity contribution is 5.97. The molecule has 3 N–H and O–H groups in total. The first-order chi connectivity index (χ1) is 13.2. The molecule has 1 amide bonds. The number of nitrogens with two attached hydrogens (primary N) is 1. The number of nitrogens with one attached hydrogen (secondary N) is 1. The Hall–Kier alpha value is -2.29. The number of carbonyl (C=O) groups is 2. The first-order valence-electron chi connectivity index (χ1n) is 9.30. The van der Waals surface area contributed by atoms with E-state index in [2.05, 4.69) is 0 Å². The van der Waals surface area contributed by atoms with Crippen molar-refractivity contribution in [1.29, 1.82) is 0 Å². The van der Waals surface area contributed by atoms with Gasteiger partial charge in [0.05, 0.1) is 19.8 Å². The highest BCUT2D eigenvalue weighted by atomic mass is 19.4. The van der Waals surface area contributed by atoms with Crippen LogP contribution in [-0.2, 0) is 9.53 Å². The van der Waals surface area contributed by atoms with E-state index in [-0.39, 0.29) is 12.2 Å². The minimum absolute atomic E-state index is 0.0178. The lowest BCUT2D eigenvalue weighted by atomic mass is 9.93. The zero-order chi connectivity index (χ0) is 20.8. The normalized spacial score (nSPS) is 17.5.